The van der Waals surface area contributed by atoms with Gasteiger partial charge >= 0.3 is 0 Å². The molecular formula is C4H4N2OS4. The van der Waals surface area contributed by atoms with Gasteiger partial charge in [-0.1, -0.05) is 0 Å². The minimum absolute atomic E-state index is 0.598. The predicted octanol–water partition coefficient (Wildman–Crippen LogP) is 2.64. The summed E-state index contributed by atoms with van der Waals surface area (Å²) in [6, 6.07) is 0. The average Bonchev–Trinajstić information content (AvgIpc) is 2.03. The van der Waals surface area contributed by atoms with E-state index in [1.165, 1.54) is 24.1 Å². The number of nitriles is 2. The van der Waals surface area contributed by atoms with Crippen LogP contribution in [0.4, 0.5) is 0 Å². The smallest absolute Gasteiger partial charge is 0.134 e. The minimum atomic E-state index is 0.598. The highest BCUT2D eigenvalue weighted by molar-refractivity contribution is 8.22. The lowest BCUT2D eigenvalue weighted by Crippen LogP contribution is -1.69. The van der Waals surface area contributed by atoms with E-state index in [0.717, 1.165) is 23.5 Å². The summed E-state index contributed by atoms with van der Waals surface area (Å²) in [6.45, 7) is 0. The summed E-state index contributed by atoms with van der Waals surface area (Å²) in [5.41, 5.74) is 0. The largest absolute Gasteiger partial charge is 0.245 e. The molecule has 0 spiro atoms. The Labute approximate surface area is 82.6 Å². The molecule has 0 aromatic carbocycles. The lowest BCUT2D eigenvalue weighted by molar-refractivity contribution is 0.767. The second-order valence-electron chi connectivity index (χ2n) is 1.01. The fraction of sp³-hybridized carbons (Fsp3) is 0.500. The van der Waals surface area contributed by atoms with E-state index in [9.17, 15) is 0 Å². The molecule has 11 heavy (non-hydrogen) atoms. The molecule has 0 fully saturated rings. The van der Waals surface area contributed by atoms with Gasteiger partial charge in [0.15, 0.2) is 0 Å². The van der Waals surface area contributed by atoms with Gasteiger partial charge in [-0.25, -0.2) is 3.63 Å². The molecule has 0 rings (SSSR count). The van der Waals surface area contributed by atoms with Gasteiger partial charge in [-0.2, -0.15) is 10.5 Å². The van der Waals surface area contributed by atoms with E-state index in [-0.39, 0.29) is 0 Å². The van der Waals surface area contributed by atoms with Crippen molar-refractivity contribution in [2.75, 3.05) is 10.2 Å². The van der Waals surface area contributed by atoms with Gasteiger partial charge in [0.25, 0.3) is 0 Å². The predicted molar refractivity (Wildman–Crippen MR) is 52.4 cm³/mol. The number of hydrogen-bond donors (Lipinski definition) is 0. The first kappa shape index (κ1) is 11.3. The van der Waals surface area contributed by atoms with Crippen LogP contribution in [0, 0.1) is 21.3 Å². The van der Waals surface area contributed by atoms with Crippen molar-refractivity contribution in [3.63, 3.8) is 0 Å². The quantitative estimate of drug-likeness (QED) is 0.297. The lowest BCUT2D eigenvalue weighted by Gasteiger charge is -1.94. The molecule has 0 aromatic rings. The van der Waals surface area contributed by atoms with Gasteiger partial charge in [-0.15, -0.1) is 0 Å². The highest BCUT2D eigenvalue weighted by Crippen LogP contribution is 2.21. The van der Waals surface area contributed by atoms with Crippen LogP contribution in [0.3, 0.4) is 0 Å². The normalized spacial score (nSPS) is 8.55. The van der Waals surface area contributed by atoms with E-state index < -0.39 is 0 Å². The highest BCUT2D eigenvalue weighted by Gasteiger charge is 1.91. The molecule has 0 aliphatic heterocycles. The van der Waals surface area contributed by atoms with Gasteiger partial charge < -0.3 is 0 Å². The summed E-state index contributed by atoms with van der Waals surface area (Å²) < 4.78 is 4.93. The number of thioether (sulfide) groups is 2. The second-order valence-corrected chi connectivity index (χ2v) is 4.85. The van der Waals surface area contributed by atoms with Gasteiger partial charge in [0.1, 0.15) is 10.8 Å². The fourth-order valence-corrected chi connectivity index (χ4v) is 2.27. The van der Waals surface area contributed by atoms with Crippen LogP contribution in [0.5, 0.6) is 0 Å². The standard InChI is InChI=1S/C4H4N2OS4/c5-1-8-3-10-7-11-4-9-2-6/h3-4H2. The van der Waals surface area contributed by atoms with Crippen molar-refractivity contribution in [3.8, 4) is 10.8 Å². The molecule has 0 N–H and O–H groups in total. The Morgan fingerprint density at radius 2 is 1.45 bits per heavy atom. The Balaban J connectivity index is 2.82. The summed E-state index contributed by atoms with van der Waals surface area (Å²) in [4.78, 5) is 0. The SMILES string of the molecule is N#CSCSOSCSC#N. The number of hydrogen-bond acceptors (Lipinski definition) is 7. The maximum absolute atomic E-state index is 8.10. The molecule has 0 unspecified atom stereocenters. The Kier molecular flexibility index (Phi) is 10.7. The molecule has 0 bridgehead atoms. The van der Waals surface area contributed by atoms with Crippen LogP contribution in [0.2, 0.25) is 0 Å². The van der Waals surface area contributed by atoms with E-state index in [0.29, 0.717) is 10.2 Å². The summed E-state index contributed by atoms with van der Waals surface area (Å²) in [5, 5.41) is 21.2. The van der Waals surface area contributed by atoms with Crippen LogP contribution in [-0.4, -0.2) is 10.2 Å². The van der Waals surface area contributed by atoms with Crippen LogP contribution in [0.25, 0.3) is 0 Å². The van der Waals surface area contributed by atoms with Crippen LogP contribution in [0.1, 0.15) is 0 Å². The maximum Gasteiger partial charge on any atom is 0.134 e. The maximum atomic E-state index is 8.10. The van der Waals surface area contributed by atoms with Crippen LogP contribution < -0.4 is 0 Å². The molecule has 0 saturated carbocycles. The topological polar surface area (TPSA) is 56.8 Å². The first-order chi connectivity index (χ1) is 5.41. The summed E-state index contributed by atoms with van der Waals surface area (Å²) in [5.74, 6) is 0. The van der Waals surface area contributed by atoms with Gasteiger partial charge in [0, 0.05) is 24.1 Å². The monoisotopic (exact) mass is 224 g/mol. The molecule has 0 radical (unpaired) electrons. The Morgan fingerprint density at radius 1 is 1.00 bits per heavy atom. The lowest BCUT2D eigenvalue weighted by atomic mass is 11.8. The zero-order valence-corrected chi connectivity index (χ0v) is 8.62. The van der Waals surface area contributed by atoms with Crippen molar-refractivity contribution in [1.29, 1.82) is 10.5 Å². The van der Waals surface area contributed by atoms with Crippen molar-refractivity contribution in [2.24, 2.45) is 0 Å². The third kappa shape index (κ3) is 10.3. The molecule has 0 saturated heterocycles. The zero-order chi connectivity index (χ0) is 8.36. The molecule has 3 nitrogen and oxygen atoms in total. The van der Waals surface area contributed by atoms with Crippen molar-refractivity contribution in [2.45, 2.75) is 0 Å². The first-order valence-electron chi connectivity index (χ1n) is 2.34. The third-order valence-electron chi connectivity index (χ3n) is 0.439. The van der Waals surface area contributed by atoms with Crippen LogP contribution >= 0.6 is 47.6 Å². The molecule has 7 heteroatoms. The van der Waals surface area contributed by atoms with Gasteiger partial charge in [-0.3, -0.25) is 0 Å². The second kappa shape index (κ2) is 10.3. The van der Waals surface area contributed by atoms with Crippen molar-refractivity contribution < 1.29 is 3.63 Å². The number of nitrogens with zero attached hydrogens (tertiary/aromatic N) is 2. The van der Waals surface area contributed by atoms with Gasteiger partial charge in [-0.05, 0) is 23.5 Å². The Hall–Kier alpha value is 0.340. The van der Waals surface area contributed by atoms with Crippen LogP contribution in [0.15, 0.2) is 0 Å². The summed E-state index contributed by atoms with van der Waals surface area (Å²) in [6.07, 6.45) is 0. The number of rotatable bonds is 6. The fourth-order valence-electron chi connectivity index (χ4n) is 0.174. The molecule has 0 aliphatic rings. The van der Waals surface area contributed by atoms with E-state index in [4.69, 9.17) is 14.2 Å². The highest BCUT2D eigenvalue weighted by atomic mass is 32.3. The van der Waals surface area contributed by atoms with Crippen LogP contribution in [-0.2, 0) is 3.63 Å². The van der Waals surface area contributed by atoms with E-state index in [1.54, 1.807) is 0 Å². The Morgan fingerprint density at radius 3 is 1.82 bits per heavy atom. The van der Waals surface area contributed by atoms with E-state index in [2.05, 4.69) is 0 Å². The molecular weight excluding hydrogens is 220 g/mol. The van der Waals surface area contributed by atoms with E-state index in [1.807, 2.05) is 10.8 Å². The molecule has 60 valence electrons. The van der Waals surface area contributed by atoms with Crippen molar-refractivity contribution in [3.05, 3.63) is 0 Å². The van der Waals surface area contributed by atoms with Crippen molar-refractivity contribution in [1.82, 2.24) is 0 Å². The Bertz CT molecular complexity index is 144. The molecule has 0 aromatic heterocycles. The molecule has 0 amide bonds. The minimum Gasteiger partial charge on any atom is -0.245 e. The summed E-state index contributed by atoms with van der Waals surface area (Å²) >= 11 is 4.68. The first-order valence-corrected chi connectivity index (χ1v) is 6.14. The summed E-state index contributed by atoms with van der Waals surface area (Å²) in [7, 11) is 0. The van der Waals surface area contributed by atoms with Gasteiger partial charge in [0.05, 0.1) is 10.2 Å². The molecule has 0 atom stereocenters. The third-order valence-corrected chi connectivity index (χ3v) is 3.18. The zero-order valence-electron chi connectivity index (χ0n) is 5.35. The average molecular weight is 224 g/mol. The molecule has 0 heterocycles. The number of thiocyanates is 2. The van der Waals surface area contributed by atoms with Crippen molar-refractivity contribution >= 4 is 47.6 Å². The van der Waals surface area contributed by atoms with E-state index >= 15 is 0 Å². The van der Waals surface area contributed by atoms with Gasteiger partial charge in [0.2, 0.25) is 0 Å². The molecule has 0 aliphatic carbocycles.